The van der Waals surface area contributed by atoms with Crippen LogP contribution in [0.15, 0.2) is 41.8 Å². The Morgan fingerprint density at radius 1 is 1.38 bits per heavy atom. The molecule has 0 aliphatic carbocycles. The van der Waals surface area contributed by atoms with Gasteiger partial charge in [-0.25, -0.2) is 9.68 Å². The summed E-state index contributed by atoms with van der Waals surface area (Å²) in [6.07, 6.45) is 0.843. The zero-order valence-corrected chi connectivity index (χ0v) is 8.81. The number of benzene rings is 1. The van der Waals surface area contributed by atoms with Gasteiger partial charge in [0.05, 0.1) is 0 Å². The zero-order valence-electron chi connectivity index (χ0n) is 7.99. The molecule has 6 nitrogen and oxygen atoms in total. The van der Waals surface area contributed by atoms with Crippen molar-refractivity contribution in [2.75, 3.05) is 0 Å². The average molecular weight is 244 g/mol. The van der Waals surface area contributed by atoms with Crippen molar-refractivity contribution in [2.24, 2.45) is 0 Å². The molecule has 0 saturated carbocycles. The molecule has 0 spiro atoms. The van der Waals surface area contributed by atoms with Gasteiger partial charge in [0.1, 0.15) is 4.90 Å². The van der Waals surface area contributed by atoms with Gasteiger partial charge in [0.2, 0.25) is 0 Å². The fourth-order valence-corrected chi connectivity index (χ4v) is 1.46. The molecule has 0 aliphatic heterocycles. The molecule has 0 aliphatic rings. The molecule has 0 radical (unpaired) electrons. The van der Waals surface area contributed by atoms with Crippen LogP contribution in [0.5, 0.6) is 5.75 Å². The Hall–Kier alpha value is -1.86. The number of hydrogen-bond donors (Lipinski definition) is 1. The molecule has 1 N–H and O–H groups in total. The average Bonchev–Trinajstić information content (AvgIpc) is 2.25. The summed E-state index contributed by atoms with van der Waals surface area (Å²) in [4.78, 5) is 18.8. The highest BCUT2D eigenvalue weighted by molar-refractivity contribution is 7.86. The summed E-state index contributed by atoms with van der Waals surface area (Å²) in [5.74, 6) is -1.18. The Morgan fingerprint density at radius 3 is 2.56 bits per heavy atom. The van der Waals surface area contributed by atoms with Crippen LogP contribution in [0, 0.1) is 0 Å². The van der Waals surface area contributed by atoms with Crippen LogP contribution in [-0.2, 0) is 19.8 Å². The van der Waals surface area contributed by atoms with Crippen molar-refractivity contribution in [1.29, 1.82) is 0 Å². The van der Waals surface area contributed by atoms with Crippen molar-refractivity contribution in [3.63, 3.8) is 0 Å². The minimum Gasteiger partial charge on any atom is -0.285 e. The molecule has 0 amide bonds. The number of carbonyl (C=O) groups excluding carboxylic acids is 1. The highest BCUT2D eigenvalue weighted by Gasteiger charge is 2.17. The summed E-state index contributed by atoms with van der Waals surface area (Å²) in [6.45, 7) is 3.12. The van der Waals surface area contributed by atoms with E-state index in [4.69, 9.17) is 4.55 Å². The van der Waals surface area contributed by atoms with Gasteiger partial charge in [0.25, 0.3) is 10.1 Å². The summed E-state index contributed by atoms with van der Waals surface area (Å²) in [5, 5.41) is 0. The monoisotopic (exact) mass is 244 g/mol. The Labute approximate surface area is 91.8 Å². The second-order valence-corrected chi connectivity index (χ2v) is 4.00. The lowest BCUT2D eigenvalue weighted by molar-refractivity contribution is -0.208. The quantitative estimate of drug-likeness (QED) is 0.367. The molecule has 0 unspecified atom stereocenters. The van der Waals surface area contributed by atoms with Gasteiger partial charge >= 0.3 is 5.97 Å². The first kappa shape index (κ1) is 12.2. The van der Waals surface area contributed by atoms with Gasteiger partial charge in [-0.1, -0.05) is 18.7 Å². The molecular weight excluding hydrogens is 236 g/mol. The molecule has 0 aromatic heterocycles. The fraction of sp³-hybridized carbons (Fsp3) is 0. The number of carbonyl (C=O) groups is 1. The number of hydrogen-bond acceptors (Lipinski definition) is 5. The smallest absolute Gasteiger partial charge is 0.285 e. The van der Waals surface area contributed by atoms with Crippen molar-refractivity contribution in [3.05, 3.63) is 36.9 Å². The van der Waals surface area contributed by atoms with Crippen LogP contribution >= 0.6 is 0 Å². The molecule has 7 heteroatoms. The van der Waals surface area contributed by atoms with Crippen molar-refractivity contribution in [2.45, 2.75) is 4.90 Å². The van der Waals surface area contributed by atoms with E-state index in [9.17, 15) is 13.2 Å². The lowest BCUT2D eigenvalue weighted by Gasteiger charge is -2.05. The lowest BCUT2D eigenvalue weighted by Crippen LogP contribution is -2.07. The van der Waals surface area contributed by atoms with Gasteiger partial charge in [-0.15, -0.1) is 0 Å². The van der Waals surface area contributed by atoms with Gasteiger partial charge < -0.3 is 0 Å². The van der Waals surface area contributed by atoms with Crippen molar-refractivity contribution < 1.29 is 27.5 Å². The SMILES string of the molecule is C=CC(=O)OOc1ccccc1S(=O)(=O)O. The molecule has 86 valence electrons. The summed E-state index contributed by atoms with van der Waals surface area (Å²) < 4.78 is 30.6. The predicted octanol–water partition coefficient (Wildman–Crippen LogP) is 0.956. The van der Waals surface area contributed by atoms with Crippen LogP contribution < -0.4 is 4.89 Å². The minimum atomic E-state index is -4.43. The minimum absolute atomic E-state index is 0.291. The molecule has 1 aromatic rings. The summed E-state index contributed by atoms with van der Waals surface area (Å²) in [5.41, 5.74) is 0. The van der Waals surface area contributed by atoms with E-state index in [1.54, 1.807) is 0 Å². The van der Waals surface area contributed by atoms with Gasteiger partial charge in [0, 0.05) is 6.08 Å². The molecule has 0 atom stereocenters. The Bertz CT molecular complexity index is 504. The van der Waals surface area contributed by atoms with Crippen LogP contribution in [0.3, 0.4) is 0 Å². The maximum absolute atomic E-state index is 10.9. The van der Waals surface area contributed by atoms with E-state index in [1.807, 2.05) is 0 Å². The summed E-state index contributed by atoms with van der Waals surface area (Å²) in [7, 11) is -4.43. The highest BCUT2D eigenvalue weighted by atomic mass is 32.2. The van der Waals surface area contributed by atoms with Crippen LogP contribution in [0.1, 0.15) is 0 Å². The molecule has 0 bridgehead atoms. The number of rotatable bonds is 4. The fourth-order valence-electron chi connectivity index (χ4n) is 0.852. The third kappa shape index (κ3) is 3.07. The van der Waals surface area contributed by atoms with Crippen LogP contribution in [-0.4, -0.2) is 18.9 Å². The van der Waals surface area contributed by atoms with Gasteiger partial charge in [-0.05, 0) is 12.1 Å². The highest BCUT2D eigenvalue weighted by Crippen LogP contribution is 2.22. The maximum atomic E-state index is 10.9. The van der Waals surface area contributed by atoms with E-state index in [1.165, 1.54) is 18.2 Å². The summed E-state index contributed by atoms with van der Waals surface area (Å²) in [6, 6.07) is 5.16. The maximum Gasteiger partial charge on any atom is 0.378 e. The Morgan fingerprint density at radius 2 is 2.00 bits per heavy atom. The normalized spacial score (nSPS) is 10.6. The van der Waals surface area contributed by atoms with Gasteiger partial charge in [0.15, 0.2) is 5.75 Å². The first-order valence-electron chi connectivity index (χ1n) is 4.02. The molecular formula is C9H8O6S. The van der Waals surface area contributed by atoms with Gasteiger partial charge in [-0.2, -0.15) is 8.42 Å². The van der Waals surface area contributed by atoms with Crippen LogP contribution in [0.2, 0.25) is 0 Å². The second kappa shape index (κ2) is 4.77. The van der Waals surface area contributed by atoms with E-state index in [-0.39, 0.29) is 5.75 Å². The molecule has 1 aromatic carbocycles. The van der Waals surface area contributed by atoms with E-state index in [0.29, 0.717) is 0 Å². The van der Waals surface area contributed by atoms with E-state index in [2.05, 4.69) is 16.4 Å². The predicted molar refractivity (Wildman–Crippen MR) is 53.2 cm³/mol. The Balaban J connectivity index is 2.97. The summed E-state index contributed by atoms with van der Waals surface area (Å²) >= 11 is 0. The third-order valence-electron chi connectivity index (χ3n) is 1.51. The molecule has 0 saturated heterocycles. The van der Waals surface area contributed by atoms with E-state index >= 15 is 0 Å². The van der Waals surface area contributed by atoms with Crippen LogP contribution in [0.25, 0.3) is 0 Å². The van der Waals surface area contributed by atoms with Crippen molar-refractivity contribution in [3.8, 4) is 5.75 Å². The van der Waals surface area contributed by atoms with Crippen molar-refractivity contribution in [1.82, 2.24) is 0 Å². The van der Waals surface area contributed by atoms with Crippen molar-refractivity contribution >= 4 is 16.1 Å². The van der Waals surface area contributed by atoms with E-state index in [0.717, 1.165) is 12.1 Å². The van der Waals surface area contributed by atoms with Crippen LogP contribution in [0.4, 0.5) is 0 Å². The van der Waals surface area contributed by atoms with E-state index < -0.39 is 21.0 Å². The molecule has 0 heterocycles. The second-order valence-electron chi connectivity index (χ2n) is 2.61. The molecule has 0 fully saturated rings. The standard InChI is InChI=1S/C9H8O6S/c1-2-9(10)15-14-7-5-3-4-6-8(7)16(11,12)13/h2-6H,1H2,(H,11,12,13). The Kier molecular flexibility index (Phi) is 3.64. The third-order valence-corrected chi connectivity index (χ3v) is 2.40. The zero-order chi connectivity index (χ0) is 12.2. The topological polar surface area (TPSA) is 89.9 Å². The largest absolute Gasteiger partial charge is 0.378 e. The molecule has 16 heavy (non-hydrogen) atoms. The number of para-hydroxylation sites is 1. The lowest BCUT2D eigenvalue weighted by atomic mass is 10.3. The molecule has 1 rings (SSSR count). The van der Waals surface area contributed by atoms with Gasteiger partial charge in [-0.3, -0.25) is 9.44 Å². The first-order valence-corrected chi connectivity index (χ1v) is 5.46. The first-order chi connectivity index (χ1) is 7.45.